The highest BCUT2D eigenvalue weighted by molar-refractivity contribution is 7.48. The third-order valence-corrected chi connectivity index (χ3v) is 16.5. The normalized spacial score (nSPS) is 25.7. The number of carbonyl (C=O) groups excluding carboxylic acids is 1. The summed E-state index contributed by atoms with van der Waals surface area (Å²) >= 11 is 0. The summed E-state index contributed by atoms with van der Waals surface area (Å²) in [6, 6.07) is 3.48. The number of aromatic nitrogens is 6. The van der Waals surface area contributed by atoms with Gasteiger partial charge in [0.2, 0.25) is 17.7 Å². The van der Waals surface area contributed by atoms with Gasteiger partial charge >= 0.3 is 16.1 Å². The number of aromatic amines is 1. The number of nitriles is 1. The average molecular weight is 857 g/mol. The smallest absolute Gasteiger partial charge is 0.474 e. The topological polar surface area (TPSA) is 281 Å². The summed E-state index contributed by atoms with van der Waals surface area (Å²) in [5.74, 6) is -1.38. The highest BCUT2D eigenvalue weighted by atomic mass is 31.2. The fourth-order valence-corrected chi connectivity index (χ4v) is 9.30. The first-order valence-electron chi connectivity index (χ1n) is 18.3. The van der Waals surface area contributed by atoms with Gasteiger partial charge in [-0.2, -0.15) is 10.2 Å². The van der Waals surface area contributed by atoms with Crippen LogP contribution >= 0.6 is 16.1 Å². The van der Waals surface area contributed by atoms with Crippen molar-refractivity contribution >= 4 is 47.4 Å². The molecule has 0 bridgehead atoms. The summed E-state index contributed by atoms with van der Waals surface area (Å²) in [7, 11) is -10.9. The van der Waals surface area contributed by atoms with Crippen LogP contribution in [0.25, 0.3) is 11.2 Å². The third-order valence-electron chi connectivity index (χ3n) is 10.0. The zero-order valence-corrected chi connectivity index (χ0v) is 35.6. The maximum Gasteiger partial charge on any atom is 0.475 e. The summed E-state index contributed by atoms with van der Waals surface area (Å²) in [5.41, 5.74) is -0.828. The second kappa shape index (κ2) is 18.6. The Morgan fingerprint density at radius 1 is 1.25 bits per heavy atom. The van der Waals surface area contributed by atoms with E-state index in [-0.39, 0.29) is 60.5 Å². The van der Waals surface area contributed by atoms with Crippen molar-refractivity contribution in [1.29, 1.82) is 5.26 Å². The number of anilines is 1. The first-order chi connectivity index (χ1) is 26.8. The molecule has 57 heavy (non-hydrogen) atoms. The lowest BCUT2D eigenvalue weighted by Crippen LogP contribution is -2.50. The lowest BCUT2D eigenvalue weighted by molar-refractivity contribution is -0.118. The van der Waals surface area contributed by atoms with Gasteiger partial charge in [-0.25, -0.2) is 19.5 Å². The van der Waals surface area contributed by atoms with Crippen LogP contribution in [0.15, 0.2) is 29.7 Å². The number of phosphoric acid groups is 1. The average Bonchev–Trinajstić information content (AvgIpc) is 3.82. The predicted octanol–water partition coefficient (Wildman–Crippen LogP) is 3.85. The Kier molecular flexibility index (Phi) is 14.6. The fraction of sp³-hybridized carbons (Fsp3) is 0.667. The quantitative estimate of drug-likeness (QED) is 0.0803. The number of imidazole rings is 1. The number of hydrogen-bond acceptors (Lipinski definition) is 17. The number of amides is 1. The molecule has 3 aromatic heterocycles. The maximum absolute atomic E-state index is 14.8. The number of hydrogen-bond donors (Lipinski definition) is 4. The van der Waals surface area contributed by atoms with Gasteiger partial charge < -0.3 is 28.4 Å². The molecule has 0 radical (unpaired) electrons. The number of ether oxygens (including phenoxy) is 2. The summed E-state index contributed by atoms with van der Waals surface area (Å²) < 4.78 is 70.4. The largest absolute Gasteiger partial charge is 0.475 e. The number of aliphatic hydroxyl groups excluding tert-OH is 1. The van der Waals surface area contributed by atoms with Crippen molar-refractivity contribution in [1.82, 2.24) is 29.5 Å². The zero-order chi connectivity index (χ0) is 41.7. The van der Waals surface area contributed by atoms with E-state index in [1.807, 2.05) is 39.9 Å². The standard InChI is InChI=1S/C33H50N8O13P2Si/c1-19(2)29(43)39-32-38-28-25(30(44)40-32)37-18-41(28)31-27(26(23(15-42)51-31)54-57(6,7)33(3,4)5)53-56(47,48-12-8-10-34)49-16-20-13-21(14-22(20)52-55(45)46)50-24-9-11-35-17-36-24/h9,11,17-23,26-27,31,42,55H,8,12-16H2,1-7H3,(H,45,46)(H2,38,39,40,43,44)/t20-,21-,22+,23-,26?,27-,31-,56?/m1/s1. The predicted molar refractivity (Wildman–Crippen MR) is 205 cm³/mol. The van der Waals surface area contributed by atoms with Gasteiger partial charge in [0, 0.05) is 30.5 Å². The van der Waals surface area contributed by atoms with Crippen molar-refractivity contribution in [3.8, 4) is 11.9 Å². The van der Waals surface area contributed by atoms with Gasteiger partial charge in [-0.15, -0.1) is 0 Å². The third kappa shape index (κ3) is 11.0. The van der Waals surface area contributed by atoms with Gasteiger partial charge in [0.15, 0.2) is 25.7 Å². The fourth-order valence-electron chi connectivity index (χ4n) is 6.02. The monoisotopic (exact) mass is 856 g/mol. The van der Waals surface area contributed by atoms with Crippen molar-refractivity contribution in [2.45, 2.75) is 109 Å². The van der Waals surface area contributed by atoms with Gasteiger partial charge in [0.1, 0.15) is 30.7 Å². The molecule has 4 N–H and O–H groups in total. The van der Waals surface area contributed by atoms with Crippen LogP contribution in [0.5, 0.6) is 5.88 Å². The molecule has 314 valence electrons. The van der Waals surface area contributed by atoms with Crippen LogP contribution in [-0.2, 0) is 41.2 Å². The molecule has 0 aromatic carbocycles. The lowest BCUT2D eigenvalue weighted by Gasteiger charge is -2.40. The first-order valence-corrected chi connectivity index (χ1v) is 24.0. The summed E-state index contributed by atoms with van der Waals surface area (Å²) in [5, 5.41) is 22.2. The molecule has 3 unspecified atom stereocenters. The van der Waals surface area contributed by atoms with E-state index in [1.165, 1.54) is 23.4 Å². The van der Waals surface area contributed by atoms with Crippen molar-refractivity contribution in [2.24, 2.45) is 11.8 Å². The molecule has 3 aromatic rings. The Bertz CT molecular complexity index is 2030. The molecule has 1 saturated carbocycles. The molecule has 1 aliphatic carbocycles. The molecular formula is C33H50N8O13P2Si. The zero-order valence-electron chi connectivity index (χ0n) is 32.7. The second-order valence-electron chi connectivity index (χ2n) is 15.5. The minimum Gasteiger partial charge on any atom is -0.474 e. The number of carbonyl (C=O) groups is 1. The molecule has 9 atom stereocenters. The van der Waals surface area contributed by atoms with Gasteiger partial charge in [-0.05, 0) is 24.6 Å². The summed E-state index contributed by atoms with van der Waals surface area (Å²) in [6.07, 6.45) is -2.00. The SMILES string of the molecule is CC(C)C(=O)Nc1nc2c(ncn2[C@@H]2O[C@H](CO)C(O[Si](C)(C)C(C)(C)C)[C@H]2OP(=O)(OCCC#N)OC[C@H]2C[C@@H](Oc3ccncn3)C[C@@H]2O[PH](=O)O)c(=O)[nH]1. The van der Waals surface area contributed by atoms with Crippen LogP contribution in [0.3, 0.4) is 0 Å². The van der Waals surface area contributed by atoms with E-state index in [9.17, 15) is 34.0 Å². The minimum absolute atomic E-state index is 0.0397. The Labute approximate surface area is 330 Å². The molecule has 2 fully saturated rings. The number of fused-ring (bicyclic) bond motifs is 1. The van der Waals surface area contributed by atoms with E-state index < -0.39 is 91.1 Å². The Hall–Kier alpha value is -3.45. The van der Waals surface area contributed by atoms with E-state index in [2.05, 4.69) is 30.2 Å². The van der Waals surface area contributed by atoms with E-state index >= 15 is 0 Å². The van der Waals surface area contributed by atoms with E-state index in [4.69, 9.17) is 32.0 Å². The van der Waals surface area contributed by atoms with Gasteiger partial charge in [-0.1, -0.05) is 34.6 Å². The number of rotatable bonds is 18. The van der Waals surface area contributed by atoms with E-state index in [0.717, 1.165) is 0 Å². The minimum atomic E-state index is -4.73. The van der Waals surface area contributed by atoms with Crippen molar-refractivity contribution < 1.29 is 55.9 Å². The molecule has 5 rings (SSSR count). The highest BCUT2D eigenvalue weighted by Gasteiger charge is 2.54. The molecule has 1 aliphatic heterocycles. The number of nitrogens with one attached hydrogen (secondary N) is 2. The molecule has 4 heterocycles. The molecular weight excluding hydrogens is 806 g/mol. The highest BCUT2D eigenvalue weighted by Crippen LogP contribution is 2.56. The number of nitrogens with zero attached hydrogens (tertiary/aromatic N) is 6. The summed E-state index contributed by atoms with van der Waals surface area (Å²) in [6.45, 7) is 12.0. The van der Waals surface area contributed by atoms with Crippen LogP contribution in [0.2, 0.25) is 18.1 Å². The van der Waals surface area contributed by atoms with Crippen LogP contribution in [-0.4, -0.2) is 104 Å². The van der Waals surface area contributed by atoms with E-state index in [1.54, 1.807) is 19.9 Å². The van der Waals surface area contributed by atoms with Gasteiger partial charge in [0.25, 0.3) is 5.56 Å². The van der Waals surface area contributed by atoms with Crippen LogP contribution in [0.1, 0.15) is 60.1 Å². The Morgan fingerprint density at radius 2 is 2.00 bits per heavy atom. The number of phosphoric ester groups is 1. The second-order valence-corrected chi connectivity index (χ2v) is 22.6. The van der Waals surface area contributed by atoms with Crippen molar-refractivity contribution in [3.05, 3.63) is 35.3 Å². The molecule has 2 aliphatic rings. The number of H-pyrrole nitrogens is 1. The maximum atomic E-state index is 14.8. The van der Waals surface area contributed by atoms with Gasteiger partial charge in [-0.3, -0.25) is 42.6 Å². The van der Waals surface area contributed by atoms with Crippen LogP contribution < -0.4 is 15.6 Å². The molecule has 1 saturated heterocycles. The van der Waals surface area contributed by atoms with E-state index in [0.29, 0.717) is 0 Å². The van der Waals surface area contributed by atoms with Gasteiger partial charge in [0.05, 0.1) is 44.7 Å². The Balaban J connectivity index is 1.52. The Morgan fingerprint density at radius 3 is 2.63 bits per heavy atom. The number of aliphatic hydroxyl groups is 1. The molecule has 21 nitrogen and oxygen atoms in total. The molecule has 24 heteroatoms. The molecule has 0 spiro atoms. The summed E-state index contributed by atoms with van der Waals surface area (Å²) in [4.78, 5) is 54.4. The van der Waals surface area contributed by atoms with Crippen LogP contribution in [0.4, 0.5) is 5.95 Å². The molecule has 1 amide bonds. The van der Waals surface area contributed by atoms with Crippen LogP contribution in [0, 0.1) is 23.2 Å². The first kappa shape index (κ1) is 44.6. The lowest BCUT2D eigenvalue weighted by atomic mass is 10.1. The van der Waals surface area contributed by atoms with Crippen molar-refractivity contribution in [3.63, 3.8) is 0 Å². The van der Waals surface area contributed by atoms with Crippen molar-refractivity contribution in [2.75, 3.05) is 25.1 Å².